The molecular weight excluding hydrogens is 438 g/mol. The summed E-state index contributed by atoms with van der Waals surface area (Å²) in [5, 5.41) is 10.6. The molecule has 2 aliphatic heterocycles. The van der Waals surface area contributed by atoms with Gasteiger partial charge in [-0.2, -0.15) is 5.26 Å². The lowest BCUT2D eigenvalue weighted by Crippen LogP contribution is -2.47. The Balaban J connectivity index is 1.63. The number of hydrogen-bond donors (Lipinski definition) is 0. The number of carbonyl (C=O) groups is 1. The molecule has 5 nitrogen and oxygen atoms in total. The molecule has 28 heavy (non-hydrogen) atoms. The Kier molecular flexibility index (Phi) is 5.33. The van der Waals surface area contributed by atoms with Crippen molar-refractivity contribution in [1.29, 1.82) is 5.26 Å². The minimum atomic E-state index is -0.207. The van der Waals surface area contributed by atoms with Gasteiger partial charge in [-0.05, 0) is 42.0 Å². The minimum Gasteiger partial charge on any atom is -0.497 e. The van der Waals surface area contributed by atoms with Gasteiger partial charge in [0.1, 0.15) is 5.75 Å². The van der Waals surface area contributed by atoms with Crippen LogP contribution >= 0.6 is 27.7 Å². The molecule has 1 atom stereocenters. The number of benzene rings is 2. The lowest BCUT2D eigenvalue weighted by atomic mass is 9.86. The van der Waals surface area contributed by atoms with E-state index in [1.807, 2.05) is 48.5 Å². The average molecular weight is 456 g/mol. The van der Waals surface area contributed by atoms with Gasteiger partial charge in [0.15, 0.2) is 0 Å². The van der Waals surface area contributed by atoms with Crippen LogP contribution in [0, 0.1) is 11.3 Å². The second kappa shape index (κ2) is 7.90. The average Bonchev–Trinajstić information content (AvgIpc) is 2.74. The molecular formula is C21H18BrN3O2S. The summed E-state index contributed by atoms with van der Waals surface area (Å²) in [6, 6.07) is 18.0. The molecule has 142 valence electrons. The van der Waals surface area contributed by atoms with Gasteiger partial charge in [0, 0.05) is 22.5 Å². The minimum absolute atomic E-state index is 0.0455. The molecule has 4 rings (SSSR count). The van der Waals surface area contributed by atoms with Gasteiger partial charge in [0.05, 0.1) is 36.3 Å². The highest BCUT2D eigenvalue weighted by Gasteiger charge is 2.38. The summed E-state index contributed by atoms with van der Waals surface area (Å²) in [6.07, 6.45) is 0.299. The number of amides is 1. The third kappa shape index (κ3) is 3.50. The number of anilines is 1. The van der Waals surface area contributed by atoms with Gasteiger partial charge in [0.25, 0.3) is 0 Å². The fourth-order valence-corrected chi connectivity index (χ4v) is 4.93. The number of fused-ring (bicyclic) bond motifs is 1. The molecule has 7 heteroatoms. The molecule has 0 N–H and O–H groups in total. The first kappa shape index (κ1) is 18.9. The number of methoxy groups -OCH3 is 1. The Hall–Kier alpha value is -2.43. The number of hydrogen-bond acceptors (Lipinski definition) is 5. The number of nitrogens with zero attached hydrogens (tertiary/aromatic N) is 3. The fourth-order valence-electron chi connectivity index (χ4n) is 3.50. The van der Waals surface area contributed by atoms with Crippen LogP contribution in [0.4, 0.5) is 5.69 Å². The van der Waals surface area contributed by atoms with Crippen LogP contribution in [0.15, 0.2) is 63.6 Å². The molecule has 0 saturated carbocycles. The molecule has 0 aromatic heterocycles. The van der Waals surface area contributed by atoms with Crippen molar-refractivity contribution in [3.63, 3.8) is 0 Å². The zero-order valence-corrected chi connectivity index (χ0v) is 17.7. The first-order valence-electron chi connectivity index (χ1n) is 8.82. The summed E-state index contributed by atoms with van der Waals surface area (Å²) < 4.78 is 6.23. The second-order valence-corrected chi connectivity index (χ2v) is 8.46. The number of thioether (sulfide) groups is 1. The summed E-state index contributed by atoms with van der Waals surface area (Å²) in [6.45, 7) is 0.462. The molecule has 0 unspecified atom stereocenters. The molecule has 0 spiro atoms. The molecule has 0 radical (unpaired) electrons. The topological polar surface area (TPSA) is 56.6 Å². The zero-order chi connectivity index (χ0) is 19.7. The third-order valence-corrected chi connectivity index (χ3v) is 6.69. The summed E-state index contributed by atoms with van der Waals surface area (Å²) in [5.41, 5.74) is 2.69. The predicted molar refractivity (Wildman–Crippen MR) is 114 cm³/mol. The van der Waals surface area contributed by atoms with Gasteiger partial charge in [0.2, 0.25) is 5.91 Å². The standard InChI is InChI=1S/C21H18BrN3O2S/c1-27-17-8-2-14(3-9-17)18-10-20(26)25-12-24(13-28-21(25)19(18)11-23)16-6-4-15(22)5-7-16/h2-9,18H,10,12-13H2,1H3/t18-/m0/s1. The van der Waals surface area contributed by atoms with E-state index in [-0.39, 0.29) is 11.8 Å². The van der Waals surface area contributed by atoms with E-state index in [4.69, 9.17) is 4.74 Å². The van der Waals surface area contributed by atoms with Crippen LogP contribution in [0.1, 0.15) is 17.9 Å². The van der Waals surface area contributed by atoms with Crippen molar-refractivity contribution in [2.75, 3.05) is 24.6 Å². The van der Waals surface area contributed by atoms with Gasteiger partial charge in [-0.15, -0.1) is 0 Å². The molecule has 1 amide bonds. The van der Waals surface area contributed by atoms with Crippen molar-refractivity contribution < 1.29 is 9.53 Å². The molecule has 0 bridgehead atoms. The molecule has 2 aliphatic rings. The van der Waals surface area contributed by atoms with E-state index in [0.29, 0.717) is 24.5 Å². The fraction of sp³-hybridized carbons (Fsp3) is 0.238. The highest BCUT2D eigenvalue weighted by molar-refractivity contribution is 9.10. The van der Waals surface area contributed by atoms with E-state index in [2.05, 4.69) is 26.9 Å². The van der Waals surface area contributed by atoms with Crippen LogP contribution in [0.25, 0.3) is 0 Å². The van der Waals surface area contributed by atoms with Gasteiger partial charge in [-0.1, -0.05) is 39.8 Å². The molecule has 2 aromatic rings. The maximum absolute atomic E-state index is 12.9. The molecule has 1 saturated heterocycles. The Labute approximate surface area is 176 Å². The van der Waals surface area contributed by atoms with Crippen LogP contribution in [-0.4, -0.2) is 30.5 Å². The van der Waals surface area contributed by atoms with Gasteiger partial charge in [-0.3, -0.25) is 9.69 Å². The highest BCUT2D eigenvalue weighted by atomic mass is 79.9. The summed E-state index contributed by atoms with van der Waals surface area (Å²) >= 11 is 5.00. The Morgan fingerprint density at radius 2 is 1.89 bits per heavy atom. The maximum Gasteiger partial charge on any atom is 0.229 e. The van der Waals surface area contributed by atoms with E-state index < -0.39 is 0 Å². The van der Waals surface area contributed by atoms with Crippen molar-refractivity contribution in [3.8, 4) is 11.8 Å². The van der Waals surface area contributed by atoms with Crippen LogP contribution in [0.5, 0.6) is 5.75 Å². The number of ether oxygens (including phenoxy) is 1. The highest BCUT2D eigenvalue weighted by Crippen LogP contribution is 2.43. The number of carbonyl (C=O) groups excluding carboxylic acids is 1. The molecule has 0 aliphatic carbocycles. The van der Waals surface area contributed by atoms with Crippen LogP contribution in [-0.2, 0) is 4.79 Å². The first-order chi connectivity index (χ1) is 13.6. The number of halogens is 1. The summed E-state index contributed by atoms with van der Waals surface area (Å²) in [4.78, 5) is 16.8. The lowest BCUT2D eigenvalue weighted by Gasteiger charge is -2.42. The zero-order valence-electron chi connectivity index (χ0n) is 15.3. The summed E-state index contributed by atoms with van der Waals surface area (Å²) in [7, 11) is 1.62. The van der Waals surface area contributed by atoms with E-state index >= 15 is 0 Å². The Bertz CT molecular complexity index is 967. The van der Waals surface area contributed by atoms with Gasteiger partial charge >= 0.3 is 0 Å². The van der Waals surface area contributed by atoms with E-state index in [9.17, 15) is 10.1 Å². The van der Waals surface area contributed by atoms with Crippen molar-refractivity contribution >= 4 is 39.3 Å². The van der Waals surface area contributed by atoms with Crippen molar-refractivity contribution in [1.82, 2.24) is 4.90 Å². The van der Waals surface area contributed by atoms with Crippen molar-refractivity contribution in [2.24, 2.45) is 0 Å². The lowest BCUT2D eigenvalue weighted by molar-refractivity contribution is -0.129. The third-order valence-electron chi connectivity index (χ3n) is 5.00. The SMILES string of the molecule is COc1ccc([C@@H]2CC(=O)N3CN(c4ccc(Br)cc4)CSC3=C2C#N)cc1. The van der Waals surface area contributed by atoms with Crippen LogP contribution in [0.2, 0.25) is 0 Å². The smallest absolute Gasteiger partial charge is 0.229 e. The number of rotatable bonds is 3. The molecule has 2 heterocycles. The van der Waals surface area contributed by atoms with Crippen molar-refractivity contribution in [3.05, 3.63) is 69.2 Å². The Morgan fingerprint density at radius 1 is 1.18 bits per heavy atom. The molecule has 2 aromatic carbocycles. The van der Waals surface area contributed by atoms with E-state index in [1.165, 1.54) is 0 Å². The van der Waals surface area contributed by atoms with Crippen LogP contribution in [0.3, 0.4) is 0 Å². The van der Waals surface area contributed by atoms with Gasteiger partial charge < -0.3 is 9.64 Å². The Morgan fingerprint density at radius 3 is 2.54 bits per heavy atom. The first-order valence-corrected chi connectivity index (χ1v) is 10.6. The quantitative estimate of drug-likeness (QED) is 0.672. The van der Waals surface area contributed by atoms with E-state index in [1.54, 1.807) is 23.8 Å². The normalized spacial score (nSPS) is 19.3. The predicted octanol–water partition coefficient (Wildman–Crippen LogP) is 4.68. The van der Waals surface area contributed by atoms with Crippen LogP contribution < -0.4 is 9.64 Å². The monoisotopic (exact) mass is 455 g/mol. The van der Waals surface area contributed by atoms with Gasteiger partial charge in [-0.25, -0.2) is 0 Å². The van der Waals surface area contributed by atoms with E-state index in [0.717, 1.165) is 26.5 Å². The number of allylic oxidation sites excluding steroid dienone is 1. The summed E-state index contributed by atoms with van der Waals surface area (Å²) in [5.74, 6) is 1.29. The number of nitriles is 1. The maximum atomic E-state index is 12.9. The second-order valence-electron chi connectivity index (χ2n) is 6.61. The van der Waals surface area contributed by atoms with Crippen molar-refractivity contribution in [2.45, 2.75) is 12.3 Å². The largest absolute Gasteiger partial charge is 0.497 e. The molecule has 1 fully saturated rings.